The van der Waals surface area contributed by atoms with Crippen molar-refractivity contribution in [1.82, 2.24) is 19.9 Å². The maximum atomic E-state index is 6.70. The first-order valence-corrected chi connectivity index (χ1v) is 19.2. The smallest absolute Gasteiger partial charge is 0.227 e. The lowest BCUT2D eigenvalue weighted by Crippen LogP contribution is -2.14. The van der Waals surface area contributed by atoms with Gasteiger partial charge < -0.3 is 8.83 Å². The van der Waals surface area contributed by atoms with Gasteiger partial charge in [0, 0.05) is 33.1 Å². The highest BCUT2D eigenvalue weighted by Gasteiger charge is 2.37. The van der Waals surface area contributed by atoms with Crippen molar-refractivity contribution < 1.29 is 8.83 Å². The lowest BCUT2D eigenvalue weighted by Gasteiger charge is -2.21. The normalized spacial score (nSPS) is 13.2. The van der Waals surface area contributed by atoms with Crippen LogP contribution >= 0.6 is 0 Å². The zero-order valence-corrected chi connectivity index (χ0v) is 31.1. The number of fused-ring (bicyclic) bond motifs is 11. The lowest BCUT2D eigenvalue weighted by atomic mass is 9.82. The maximum absolute atomic E-state index is 6.70. The minimum atomic E-state index is -0.171. The van der Waals surface area contributed by atoms with Crippen molar-refractivity contribution in [3.8, 4) is 56.7 Å². The fourth-order valence-corrected chi connectivity index (χ4v) is 9.09. The molecule has 0 bridgehead atoms. The minimum absolute atomic E-state index is 0.171. The van der Waals surface area contributed by atoms with E-state index in [2.05, 4.69) is 129 Å². The Morgan fingerprint density at radius 2 is 1.07 bits per heavy atom. The molecule has 0 unspecified atom stereocenters. The topological polar surface area (TPSA) is 77.8 Å². The standard InChI is InChI=1S/C51H32N4O2/c1-51(2)38-24-11-10-21-35(38)43-36(23-13-25-39(43)51)48-53-47(34-22-12-17-29-14-6-7-18-31(29)34)54-49(55-48)37-28-42-44(33-20-9-8-19-32(33)37)45-41(56-42)27-26-40-46(45)57-50(52-40)30-15-4-3-5-16-30/h3-28H,1-2H3. The van der Waals surface area contributed by atoms with Crippen LogP contribution in [0.25, 0.3) is 111 Å². The summed E-state index contributed by atoms with van der Waals surface area (Å²) in [6.45, 7) is 4.59. The molecule has 0 amide bonds. The summed E-state index contributed by atoms with van der Waals surface area (Å²) in [5, 5.41) is 6.08. The van der Waals surface area contributed by atoms with Gasteiger partial charge in [-0.05, 0) is 74.1 Å². The van der Waals surface area contributed by atoms with Crippen molar-refractivity contribution in [1.29, 1.82) is 0 Å². The highest BCUT2D eigenvalue weighted by atomic mass is 16.4. The molecule has 6 nitrogen and oxygen atoms in total. The van der Waals surface area contributed by atoms with Gasteiger partial charge in [-0.15, -0.1) is 0 Å². The van der Waals surface area contributed by atoms with Crippen LogP contribution in [0.15, 0.2) is 167 Å². The van der Waals surface area contributed by atoms with Crippen LogP contribution in [0.1, 0.15) is 25.0 Å². The monoisotopic (exact) mass is 732 g/mol. The van der Waals surface area contributed by atoms with E-state index in [1.807, 2.05) is 42.5 Å². The van der Waals surface area contributed by atoms with Crippen LogP contribution in [0.5, 0.6) is 0 Å². The van der Waals surface area contributed by atoms with Crippen LogP contribution in [-0.2, 0) is 5.41 Å². The van der Waals surface area contributed by atoms with Crippen LogP contribution in [0.3, 0.4) is 0 Å². The molecule has 57 heavy (non-hydrogen) atoms. The van der Waals surface area contributed by atoms with Gasteiger partial charge in [0.1, 0.15) is 16.7 Å². The van der Waals surface area contributed by atoms with E-state index < -0.39 is 0 Å². The Balaban J connectivity index is 1.14. The van der Waals surface area contributed by atoms with Crippen molar-refractivity contribution in [3.05, 3.63) is 169 Å². The molecule has 1 aliphatic carbocycles. The first kappa shape index (κ1) is 31.9. The highest BCUT2D eigenvalue weighted by molar-refractivity contribution is 6.27. The van der Waals surface area contributed by atoms with E-state index in [0.717, 1.165) is 65.7 Å². The van der Waals surface area contributed by atoms with E-state index in [9.17, 15) is 0 Å². The van der Waals surface area contributed by atoms with E-state index in [1.54, 1.807) is 0 Å². The zero-order valence-electron chi connectivity index (χ0n) is 31.1. The third-order valence-electron chi connectivity index (χ3n) is 11.8. The summed E-state index contributed by atoms with van der Waals surface area (Å²) in [5.74, 6) is 2.38. The molecule has 1 aliphatic rings. The van der Waals surface area contributed by atoms with E-state index in [1.165, 1.54) is 22.3 Å². The largest absolute Gasteiger partial charge is 0.456 e. The van der Waals surface area contributed by atoms with Gasteiger partial charge in [-0.1, -0.05) is 141 Å². The Bertz CT molecular complexity index is 3450. The van der Waals surface area contributed by atoms with Crippen LogP contribution < -0.4 is 0 Å². The molecule has 0 fully saturated rings. The molecule has 0 saturated heterocycles. The summed E-state index contributed by atoms with van der Waals surface area (Å²) in [4.78, 5) is 20.9. The third kappa shape index (κ3) is 4.64. The zero-order chi connectivity index (χ0) is 37.8. The highest BCUT2D eigenvalue weighted by Crippen LogP contribution is 2.52. The molecule has 11 aromatic rings. The third-order valence-corrected chi connectivity index (χ3v) is 11.8. The summed E-state index contributed by atoms with van der Waals surface area (Å²) in [6, 6.07) is 54.3. The van der Waals surface area contributed by atoms with Gasteiger partial charge in [0.2, 0.25) is 5.89 Å². The molecule has 0 N–H and O–H groups in total. The van der Waals surface area contributed by atoms with Gasteiger partial charge in [0.25, 0.3) is 0 Å². The van der Waals surface area contributed by atoms with Crippen LogP contribution in [0.2, 0.25) is 0 Å². The molecule has 6 heteroatoms. The van der Waals surface area contributed by atoms with E-state index >= 15 is 0 Å². The molecular formula is C51H32N4O2. The Hall–Kier alpha value is -7.44. The molecule has 8 aromatic carbocycles. The van der Waals surface area contributed by atoms with Crippen LogP contribution in [-0.4, -0.2) is 19.9 Å². The average molecular weight is 733 g/mol. The number of hydrogen-bond acceptors (Lipinski definition) is 6. The molecule has 3 aromatic heterocycles. The molecule has 12 rings (SSSR count). The van der Waals surface area contributed by atoms with Gasteiger partial charge in [0.05, 0.1) is 5.39 Å². The Labute approximate surface area is 327 Å². The van der Waals surface area contributed by atoms with Crippen molar-refractivity contribution in [3.63, 3.8) is 0 Å². The summed E-state index contributed by atoms with van der Waals surface area (Å²) < 4.78 is 13.2. The number of benzene rings is 8. The summed E-state index contributed by atoms with van der Waals surface area (Å²) >= 11 is 0. The quantitative estimate of drug-likeness (QED) is 0.179. The molecule has 0 radical (unpaired) electrons. The molecule has 0 atom stereocenters. The number of nitrogens with zero attached hydrogens (tertiary/aromatic N) is 4. The van der Waals surface area contributed by atoms with Crippen molar-refractivity contribution in [2.45, 2.75) is 19.3 Å². The summed E-state index contributed by atoms with van der Waals surface area (Å²) in [7, 11) is 0. The first-order chi connectivity index (χ1) is 28.0. The second-order valence-corrected chi connectivity index (χ2v) is 15.3. The van der Waals surface area contributed by atoms with Gasteiger partial charge >= 0.3 is 0 Å². The molecule has 268 valence electrons. The van der Waals surface area contributed by atoms with E-state index in [4.69, 9.17) is 28.8 Å². The van der Waals surface area contributed by atoms with Crippen LogP contribution in [0, 0.1) is 0 Å². The Kier molecular flexibility index (Phi) is 6.59. The Morgan fingerprint density at radius 3 is 1.93 bits per heavy atom. The molecule has 0 spiro atoms. The fraction of sp³-hybridized carbons (Fsp3) is 0.0588. The van der Waals surface area contributed by atoms with E-state index in [-0.39, 0.29) is 5.41 Å². The number of oxazole rings is 1. The summed E-state index contributed by atoms with van der Waals surface area (Å²) in [5.41, 5.74) is 11.4. The molecular weight excluding hydrogens is 701 g/mol. The van der Waals surface area contributed by atoms with E-state index in [0.29, 0.717) is 34.5 Å². The Morgan fingerprint density at radius 1 is 0.439 bits per heavy atom. The average Bonchev–Trinajstić information content (AvgIpc) is 3.94. The van der Waals surface area contributed by atoms with Crippen molar-refractivity contribution in [2.24, 2.45) is 0 Å². The van der Waals surface area contributed by atoms with Crippen molar-refractivity contribution in [2.75, 3.05) is 0 Å². The predicted molar refractivity (Wildman–Crippen MR) is 229 cm³/mol. The maximum Gasteiger partial charge on any atom is 0.227 e. The summed E-state index contributed by atoms with van der Waals surface area (Å²) in [6.07, 6.45) is 0. The number of hydrogen-bond donors (Lipinski definition) is 0. The minimum Gasteiger partial charge on any atom is -0.456 e. The van der Waals surface area contributed by atoms with Gasteiger partial charge in [0.15, 0.2) is 23.1 Å². The van der Waals surface area contributed by atoms with Gasteiger partial charge in [-0.25, -0.2) is 19.9 Å². The molecule has 3 heterocycles. The van der Waals surface area contributed by atoms with Gasteiger partial charge in [-0.3, -0.25) is 0 Å². The number of aromatic nitrogens is 4. The molecule has 0 aliphatic heterocycles. The van der Waals surface area contributed by atoms with Crippen LogP contribution in [0.4, 0.5) is 0 Å². The van der Waals surface area contributed by atoms with Gasteiger partial charge in [-0.2, -0.15) is 0 Å². The predicted octanol–water partition coefficient (Wildman–Crippen LogP) is 13.2. The number of furan rings is 1. The second kappa shape index (κ2) is 11.8. The molecule has 0 saturated carbocycles. The van der Waals surface area contributed by atoms with Crippen molar-refractivity contribution >= 4 is 54.6 Å². The lowest BCUT2D eigenvalue weighted by molar-refractivity contribution is 0.622. The second-order valence-electron chi connectivity index (χ2n) is 15.3. The fourth-order valence-electron chi connectivity index (χ4n) is 9.09. The SMILES string of the molecule is CC1(C)c2ccccc2-c2c(-c3nc(-c4cccc5ccccc45)nc(-c4cc5oc6ccc7nc(-c8ccccc8)oc7c6c5c5ccccc45)n3)cccc21. The first-order valence-electron chi connectivity index (χ1n) is 19.2. The number of rotatable bonds is 4.